The van der Waals surface area contributed by atoms with E-state index in [0.29, 0.717) is 18.3 Å². The summed E-state index contributed by atoms with van der Waals surface area (Å²) in [7, 11) is 0.757. The highest BCUT2D eigenvalue weighted by Crippen LogP contribution is 2.17. The number of hydrogen-bond donors (Lipinski definition) is 0. The first-order chi connectivity index (χ1) is 10.6. The molecule has 1 aliphatic heterocycles. The summed E-state index contributed by atoms with van der Waals surface area (Å²) in [4.78, 5) is 2.45. The Labute approximate surface area is 137 Å². The van der Waals surface area contributed by atoms with Crippen molar-refractivity contribution in [3.63, 3.8) is 0 Å². The number of piperazine rings is 1. The van der Waals surface area contributed by atoms with Crippen LogP contribution >= 0.6 is 0 Å². The van der Waals surface area contributed by atoms with Gasteiger partial charge in [-0.15, -0.1) is 0 Å². The van der Waals surface area contributed by atoms with Crippen LogP contribution in [0.2, 0.25) is 0 Å². The smallest absolute Gasteiger partial charge is 0.0966 e. The molecule has 0 saturated carbocycles. The highest BCUT2D eigenvalue weighted by molar-refractivity contribution is 7.82. The number of hydrogen-bond acceptors (Lipinski definition) is 3. The second kappa shape index (κ2) is 8.77. The van der Waals surface area contributed by atoms with Crippen molar-refractivity contribution >= 4 is 11.0 Å². The molecular formula is C17H28N2O2S. The van der Waals surface area contributed by atoms with E-state index < -0.39 is 11.0 Å². The predicted molar refractivity (Wildman–Crippen MR) is 92.3 cm³/mol. The molecule has 0 bridgehead atoms. The van der Waals surface area contributed by atoms with Crippen molar-refractivity contribution < 1.29 is 8.95 Å². The van der Waals surface area contributed by atoms with Crippen LogP contribution in [0.4, 0.5) is 0 Å². The van der Waals surface area contributed by atoms with Gasteiger partial charge in [0.15, 0.2) is 0 Å². The summed E-state index contributed by atoms with van der Waals surface area (Å²) in [5.41, 5.74) is 2.77. The maximum absolute atomic E-state index is 12.1. The number of nitrogens with zero attached hydrogens (tertiary/aromatic N) is 2. The Morgan fingerprint density at radius 1 is 1.23 bits per heavy atom. The Morgan fingerprint density at radius 2 is 1.95 bits per heavy atom. The summed E-state index contributed by atoms with van der Waals surface area (Å²) in [6.45, 7) is 9.71. The molecule has 4 nitrogen and oxygen atoms in total. The maximum Gasteiger partial charge on any atom is 0.0966 e. The fraction of sp³-hybridized carbons (Fsp3) is 0.647. The summed E-state index contributed by atoms with van der Waals surface area (Å²) < 4.78 is 19.2. The van der Waals surface area contributed by atoms with Crippen LogP contribution in [0.5, 0.6) is 0 Å². The van der Waals surface area contributed by atoms with E-state index in [2.05, 4.69) is 47.3 Å². The number of benzene rings is 1. The van der Waals surface area contributed by atoms with Crippen LogP contribution in [0, 0.1) is 0 Å². The first-order valence-corrected chi connectivity index (χ1v) is 9.31. The summed E-state index contributed by atoms with van der Waals surface area (Å²) >= 11 is 0. The summed E-state index contributed by atoms with van der Waals surface area (Å²) in [5, 5.41) is 0. The van der Waals surface area contributed by atoms with Crippen molar-refractivity contribution in [2.75, 3.05) is 45.6 Å². The van der Waals surface area contributed by atoms with E-state index in [1.807, 2.05) is 0 Å². The third kappa shape index (κ3) is 5.16. The van der Waals surface area contributed by atoms with E-state index in [9.17, 15) is 4.21 Å². The summed E-state index contributed by atoms with van der Waals surface area (Å²) in [6, 6.07) is 8.87. The molecule has 0 N–H and O–H groups in total. The standard InChI is InChI=1S/C17H28N2O2S/c1-15(2)17-6-4-5-16(13-17)14-18-7-9-19(10-8-18)22(20)12-11-21-3/h4-6,13,15H,7-12,14H2,1-3H3. The molecule has 2 rings (SSSR count). The van der Waals surface area contributed by atoms with Gasteiger partial charge in [0.25, 0.3) is 0 Å². The lowest BCUT2D eigenvalue weighted by molar-refractivity contribution is 0.183. The lowest BCUT2D eigenvalue weighted by Crippen LogP contribution is -2.47. The van der Waals surface area contributed by atoms with Crippen LogP contribution in [0.15, 0.2) is 24.3 Å². The Bertz CT molecular complexity index is 485. The van der Waals surface area contributed by atoms with Gasteiger partial charge < -0.3 is 4.74 Å². The number of rotatable bonds is 7. The monoisotopic (exact) mass is 324 g/mol. The first-order valence-electron chi connectivity index (χ1n) is 8.03. The molecule has 0 aromatic heterocycles. The molecule has 0 aliphatic carbocycles. The molecule has 5 heteroatoms. The minimum atomic E-state index is -0.896. The Hall–Kier alpha value is -0.750. The number of methoxy groups -OCH3 is 1. The van der Waals surface area contributed by atoms with Gasteiger partial charge in [-0.25, -0.2) is 8.51 Å². The van der Waals surface area contributed by atoms with Crippen LogP contribution in [0.25, 0.3) is 0 Å². The van der Waals surface area contributed by atoms with Gasteiger partial charge in [0.1, 0.15) is 0 Å². The van der Waals surface area contributed by atoms with Crippen LogP contribution in [0.3, 0.4) is 0 Å². The average Bonchev–Trinajstić information content (AvgIpc) is 2.53. The fourth-order valence-electron chi connectivity index (χ4n) is 2.68. The van der Waals surface area contributed by atoms with Crippen LogP contribution < -0.4 is 0 Å². The average molecular weight is 324 g/mol. The van der Waals surface area contributed by atoms with E-state index in [0.717, 1.165) is 32.7 Å². The van der Waals surface area contributed by atoms with Crippen molar-refractivity contribution in [1.29, 1.82) is 0 Å². The van der Waals surface area contributed by atoms with Gasteiger partial charge in [0.05, 0.1) is 23.3 Å². The van der Waals surface area contributed by atoms with E-state index in [4.69, 9.17) is 4.74 Å². The van der Waals surface area contributed by atoms with Gasteiger partial charge in [0.2, 0.25) is 0 Å². The van der Waals surface area contributed by atoms with Gasteiger partial charge >= 0.3 is 0 Å². The zero-order chi connectivity index (χ0) is 15.9. The lowest BCUT2D eigenvalue weighted by atomic mass is 10.0. The van der Waals surface area contributed by atoms with Crippen LogP contribution in [-0.2, 0) is 22.3 Å². The molecule has 22 heavy (non-hydrogen) atoms. The highest BCUT2D eigenvalue weighted by atomic mass is 32.2. The summed E-state index contributed by atoms with van der Waals surface area (Å²) in [5.74, 6) is 1.17. The molecule has 1 aromatic rings. The minimum absolute atomic E-state index is 0.564. The van der Waals surface area contributed by atoms with Crippen molar-refractivity contribution in [3.8, 4) is 0 Å². The molecular weight excluding hydrogens is 296 g/mol. The van der Waals surface area contributed by atoms with E-state index >= 15 is 0 Å². The van der Waals surface area contributed by atoms with Crippen molar-refractivity contribution in [2.45, 2.75) is 26.3 Å². The van der Waals surface area contributed by atoms with Gasteiger partial charge in [-0.3, -0.25) is 4.90 Å². The van der Waals surface area contributed by atoms with Crippen molar-refractivity contribution in [3.05, 3.63) is 35.4 Å². The first kappa shape index (κ1) is 17.6. The molecule has 1 atom stereocenters. The van der Waals surface area contributed by atoms with E-state index in [-0.39, 0.29) is 0 Å². The SMILES string of the molecule is COCCS(=O)N1CCN(Cc2cccc(C(C)C)c2)CC1. The molecule has 0 radical (unpaired) electrons. The molecule has 1 fully saturated rings. The van der Waals surface area contributed by atoms with Gasteiger partial charge in [0, 0.05) is 39.8 Å². The topological polar surface area (TPSA) is 32.8 Å². The van der Waals surface area contributed by atoms with E-state index in [1.165, 1.54) is 11.1 Å². The minimum Gasteiger partial charge on any atom is -0.384 e. The zero-order valence-electron chi connectivity index (χ0n) is 14.0. The molecule has 0 spiro atoms. The van der Waals surface area contributed by atoms with Crippen LogP contribution in [0.1, 0.15) is 30.9 Å². The highest BCUT2D eigenvalue weighted by Gasteiger charge is 2.20. The molecule has 124 valence electrons. The molecule has 1 unspecified atom stereocenters. The molecule has 1 saturated heterocycles. The van der Waals surface area contributed by atoms with Crippen molar-refractivity contribution in [1.82, 2.24) is 9.21 Å². The fourth-order valence-corrected chi connectivity index (χ4v) is 3.82. The molecule has 1 heterocycles. The van der Waals surface area contributed by atoms with Crippen molar-refractivity contribution in [2.24, 2.45) is 0 Å². The van der Waals surface area contributed by atoms with Gasteiger partial charge in [-0.1, -0.05) is 38.1 Å². The third-order valence-corrected chi connectivity index (χ3v) is 5.56. The Balaban J connectivity index is 1.82. The maximum atomic E-state index is 12.1. The second-order valence-corrected chi connectivity index (χ2v) is 7.69. The quantitative estimate of drug-likeness (QED) is 0.771. The largest absolute Gasteiger partial charge is 0.384 e. The van der Waals surface area contributed by atoms with Gasteiger partial charge in [-0.2, -0.15) is 0 Å². The van der Waals surface area contributed by atoms with Crippen LogP contribution in [-0.4, -0.2) is 59.1 Å². The Kier molecular flexibility index (Phi) is 7.02. The predicted octanol–water partition coefficient (Wildman–Crippen LogP) is 2.24. The van der Waals surface area contributed by atoms with Gasteiger partial charge in [-0.05, 0) is 17.0 Å². The summed E-state index contributed by atoms with van der Waals surface area (Å²) in [6.07, 6.45) is 0. The van der Waals surface area contributed by atoms with E-state index in [1.54, 1.807) is 7.11 Å². The molecule has 0 amide bonds. The molecule has 1 aromatic carbocycles. The zero-order valence-corrected chi connectivity index (χ0v) is 14.8. The normalized spacial score (nSPS) is 18.7. The third-order valence-electron chi connectivity index (χ3n) is 4.11. The molecule has 1 aliphatic rings. The Morgan fingerprint density at radius 3 is 2.59 bits per heavy atom. The number of ether oxygens (including phenoxy) is 1. The lowest BCUT2D eigenvalue weighted by Gasteiger charge is -2.33. The second-order valence-electron chi connectivity index (χ2n) is 6.12.